The van der Waals surface area contributed by atoms with Crippen LogP contribution in [-0.4, -0.2) is 51.3 Å². The zero-order valence-corrected chi connectivity index (χ0v) is 12.6. The summed E-state index contributed by atoms with van der Waals surface area (Å²) in [6.07, 6.45) is 5.98. The van der Waals surface area contributed by atoms with Crippen molar-refractivity contribution in [3.63, 3.8) is 0 Å². The molecule has 2 amide bonds. The van der Waals surface area contributed by atoms with Crippen LogP contribution in [0.3, 0.4) is 0 Å². The Bertz CT molecular complexity index is 384. The third-order valence-corrected chi connectivity index (χ3v) is 3.91. The van der Waals surface area contributed by atoms with E-state index >= 15 is 0 Å². The van der Waals surface area contributed by atoms with Crippen molar-refractivity contribution in [2.45, 2.75) is 45.1 Å². The summed E-state index contributed by atoms with van der Waals surface area (Å²) in [7, 11) is -3.21. The first-order valence-corrected chi connectivity index (χ1v) is 8.81. The van der Waals surface area contributed by atoms with Crippen molar-refractivity contribution < 1.29 is 13.2 Å². The summed E-state index contributed by atoms with van der Waals surface area (Å²) >= 11 is 0. The van der Waals surface area contributed by atoms with E-state index in [4.69, 9.17) is 0 Å². The highest BCUT2D eigenvalue weighted by molar-refractivity contribution is 7.88. The number of carbonyl (C=O) groups is 1. The van der Waals surface area contributed by atoms with Crippen LogP contribution < -0.4 is 10.0 Å². The lowest BCUT2D eigenvalue weighted by Crippen LogP contribution is -2.52. The van der Waals surface area contributed by atoms with E-state index in [1.165, 1.54) is 0 Å². The number of hydrogen-bond donors (Lipinski definition) is 2. The number of carbonyl (C=O) groups excluding carboxylic acids is 1. The van der Waals surface area contributed by atoms with Crippen molar-refractivity contribution >= 4 is 16.1 Å². The Labute approximate surface area is 116 Å². The molecule has 1 rings (SSSR count). The van der Waals surface area contributed by atoms with E-state index < -0.39 is 10.0 Å². The molecule has 0 aromatic heterocycles. The quantitative estimate of drug-likeness (QED) is 0.714. The van der Waals surface area contributed by atoms with Crippen LogP contribution in [0.25, 0.3) is 0 Å². The number of hydrogen-bond acceptors (Lipinski definition) is 3. The second kappa shape index (κ2) is 7.69. The van der Waals surface area contributed by atoms with E-state index in [0.717, 1.165) is 38.4 Å². The van der Waals surface area contributed by atoms with E-state index in [-0.39, 0.29) is 12.1 Å². The lowest BCUT2D eigenvalue weighted by atomic mass is 10.1. The Morgan fingerprint density at radius 2 is 2.11 bits per heavy atom. The molecule has 1 aliphatic heterocycles. The van der Waals surface area contributed by atoms with Crippen molar-refractivity contribution in [2.75, 3.05) is 25.9 Å². The van der Waals surface area contributed by atoms with Gasteiger partial charge in [0.2, 0.25) is 10.0 Å². The number of likely N-dealkylation sites (tertiary alicyclic amines) is 1. The summed E-state index contributed by atoms with van der Waals surface area (Å²) in [5.41, 5.74) is 0. The van der Waals surface area contributed by atoms with Crippen molar-refractivity contribution in [3.05, 3.63) is 0 Å². The maximum atomic E-state index is 11.9. The van der Waals surface area contributed by atoms with Crippen molar-refractivity contribution in [1.29, 1.82) is 0 Å². The van der Waals surface area contributed by atoms with E-state index in [2.05, 4.69) is 17.0 Å². The Balaban J connectivity index is 2.35. The van der Waals surface area contributed by atoms with Crippen LogP contribution in [0.4, 0.5) is 4.79 Å². The van der Waals surface area contributed by atoms with Crippen molar-refractivity contribution in [3.8, 4) is 0 Å². The number of amides is 2. The minimum atomic E-state index is -3.21. The monoisotopic (exact) mass is 291 g/mol. The molecule has 0 spiro atoms. The fourth-order valence-electron chi connectivity index (χ4n) is 2.24. The van der Waals surface area contributed by atoms with E-state index in [1.807, 2.05) is 0 Å². The first-order chi connectivity index (χ1) is 8.92. The number of rotatable bonds is 6. The molecule has 1 fully saturated rings. The van der Waals surface area contributed by atoms with Gasteiger partial charge in [0.15, 0.2) is 0 Å². The number of sulfonamides is 1. The first-order valence-electron chi connectivity index (χ1n) is 6.92. The molecule has 0 bridgehead atoms. The van der Waals surface area contributed by atoms with Crippen molar-refractivity contribution in [2.24, 2.45) is 0 Å². The van der Waals surface area contributed by atoms with Gasteiger partial charge in [0.05, 0.1) is 6.26 Å². The average molecular weight is 291 g/mol. The summed E-state index contributed by atoms with van der Waals surface area (Å²) in [6.45, 7) is 3.95. The van der Waals surface area contributed by atoms with Gasteiger partial charge in [-0.2, -0.15) is 0 Å². The van der Waals surface area contributed by atoms with Gasteiger partial charge in [-0.15, -0.1) is 0 Å². The average Bonchev–Trinajstić information content (AvgIpc) is 2.32. The minimum absolute atomic E-state index is 0.0869. The van der Waals surface area contributed by atoms with Gasteiger partial charge in [-0.1, -0.05) is 19.8 Å². The molecular weight excluding hydrogens is 266 g/mol. The smallest absolute Gasteiger partial charge is 0.317 e. The Hall–Kier alpha value is -0.820. The maximum Gasteiger partial charge on any atom is 0.317 e. The molecule has 19 heavy (non-hydrogen) atoms. The summed E-state index contributed by atoms with van der Waals surface area (Å²) in [4.78, 5) is 13.6. The molecule has 1 atom stereocenters. The zero-order chi connectivity index (χ0) is 14.3. The summed E-state index contributed by atoms with van der Waals surface area (Å²) in [5, 5.41) is 2.88. The maximum absolute atomic E-state index is 11.9. The van der Waals surface area contributed by atoms with E-state index in [0.29, 0.717) is 19.6 Å². The number of urea groups is 1. The molecule has 7 heteroatoms. The molecule has 0 radical (unpaired) electrons. The van der Waals surface area contributed by atoms with Crippen LogP contribution in [0.15, 0.2) is 0 Å². The minimum Gasteiger partial charge on any atom is -0.338 e. The van der Waals surface area contributed by atoms with Gasteiger partial charge in [-0.05, 0) is 19.3 Å². The van der Waals surface area contributed by atoms with Gasteiger partial charge in [0, 0.05) is 25.7 Å². The van der Waals surface area contributed by atoms with Crippen LogP contribution in [0.5, 0.6) is 0 Å². The molecule has 0 aliphatic carbocycles. The highest BCUT2D eigenvalue weighted by atomic mass is 32.2. The van der Waals surface area contributed by atoms with Gasteiger partial charge >= 0.3 is 6.03 Å². The number of nitrogens with zero attached hydrogens (tertiary/aromatic N) is 1. The Morgan fingerprint density at radius 3 is 2.74 bits per heavy atom. The van der Waals surface area contributed by atoms with Crippen LogP contribution >= 0.6 is 0 Å². The predicted octanol–water partition coefficient (Wildman–Crippen LogP) is 0.900. The summed E-state index contributed by atoms with van der Waals surface area (Å²) in [6, 6.07) is -0.249. The standard InChI is InChI=1S/C12H25N3O3S/c1-3-4-5-8-13-12(16)15-9-6-7-11(10-15)14-19(2,17)18/h11,14H,3-10H2,1-2H3,(H,13,16). The second-order valence-corrected chi connectivity index (χ2v) is 6.89. The summed E-state index contributed by atoms with van der Waals surface area (Å²) < 4.78 is 24.9. The number of nitrogens with one attached hydrogen (secondary N) is 2. The molecule has 1 unspecified atom stereocenters. The molecule has 0 saturated carbocycles. The molecule has 2 N–H and O–H groups in total. The van der Waals surface area contributed by atoms with Gasteiger partial charge < -0.3 is 10.2 Å². The highest BCUT2D eigenvalue weighted by Crippen LogP contribution is 2.10. The SMILES string of the molecule is CCCCCNC(=O)N1CCCC(NS(C)(=O)=O)C1. The third kappa shape index (κ3) is 6.77. The molecule has 0 aromatic carbocycles. The molecule has 6 nitrogen and oxygen atoms in total. The van der Waals surface area contributed by atoms with Crippen LogP contribution in [0.1, 0.15) is 39.0 Å². The highest BCUT2D eigenvalue weighted by Gasteiger charge is 2.25. The van der Waals surface area contributed by atoms with E-state index in [1.54, 1.807) is 4.90 Å². The predicted molar refractivity (Wildman–Crippen MR) is 75.5 cm³/mol. The topological polar surface area (TPSA) is 78.5 Å². The lowest BCUT2D eigenvalue weighted by Gasteiger charge is -2.32. The summed E-state index contributed by atoms with van der Waals surface area (Å²) in [5.74, 6) is 0. The zero-order valence-electron chi connectivity index (χ0n) is 11.8. The molecule has 0 aromatic rings. The van der Waals surface area contributed by atoms with Gasteiger partial charge in [0.25, 0.3) is 0 Å². The first kappa shape index (κ1) is 16.2. The number of piperidine rings is 1. The largest absolute Gasteiger partial charge is 0.338 e. The van der Waals surface area contributed by atoms with Gasteiger partial charge in [-0.25, -0.2) is 17.9 Å². The Morgan fingerprint density at radius 1 is 1.37 bits per heavy atom. The third-order valence-electron chi connectivity index (χ3n) is 3.15. The fraction of sp³-hybridized carbons (Fsp3) is 0.917. The number of unbranched alkanes of at least 4 members (excludes halogenated alkanes) is 2. The molecule has 1 heterocycles. The molecular formula is C12H25N3O3S. The molecule has 1 aliphatic rings. The Kier molecular flexibility index (Phi) is 6.57. The van der Waals surface area contributed by atoms with Crippen LogP contribution in [0, 0.1) is 0 Å². The van der Waals surface area contributed by atoms with Crippen LogP contribution in [-0.2, 0) is 10.0 Å². The fourth-order valence-corrected chi connectivity index (χ4v) is 3.04. The normalized spacial score (nSPS) is 20.3. The van der Waals surface area contributed by atoms with E-state index in [9.17, 15) is 13.2 Å². The van der Waals surface area contributed by atoms with Crippen LogP contribution in [0.2, 0.25) is 0 Å². The van der Waals surface area contributed by atoms with Gasteiger partial charge in [-0.3, -0.25) is 0 Å². The molecule has 1 saturated heterocycles. The van der Waals surface area contributed by atoms with Gasteiger partial charge in [0.1, 0.15) is 0 Å². The van der Waals surface area contributed by atoms with Crippen molar-refractivity contribution in [1.82, 2.24) is 14.9 Å². The molecule has 112 valence electrons. The second-order valence-electron chi connectivity index (χ2n) is 5.11. The lowest BCUT2D eigenvalue weighted by molar-refractivity contribution is 0.177.